The lowest BCUT2D eigenvalue weighted by molar-refractivity contribution is 0.687. The Labute approximate surface area is 354 Å². The Hall–Kier alpha value is -5.88. The first-order chi connectivity index (χ1) is 29.3. The predicted molar refractivity (Wildman–Crippen MR) is 255 cm³/mol. The Morgan fingerprint density at radius 2 is 0.932 bits per heavy atom. The van der Waals surface area contributed by atoms with Gasteiger partial charge in [-0.15, -0.1) is 22.7 Å². The minimum Gasteiger partial charge on any atom is -0.309 e. The lowest BCUT2D eigenvalue weighted by Crippen LogP contribution is -2.60. The molecule has 0 fully saturated rings. The quantitative estimate of drug-likeness (QED) is 0.164. The lowest BCUT2D eigenvalue weighted by atomic mass is 9.36. The first-order valence-corrected chi connectivity index (χ1v) is 23.1. The molecule has 59 heavy (non-hydrogen) atoms. The number of anilines is 6. The van der Waals surface area contributed by atoms with Crippen molar-refractivity contribution in [1.82, 2.24) is 0 Å². The highest BCUT2D eigenvalue weighted by Gasteiger charge is 2.47. The van der Waals surface area contributed by atoms with E-state index in [1.54, 1.807) is 0 Å². The number of aryl methyl sites for hydroxylation is 2. The van der Waals surface area contributed by atoms with E-state index in [1.807, 2.05) is 22.7 Å². The highest BCUT2D eigenvalue weighted by molar-refractivity contribution is 7.35. The van der Waals surface area contributed by atoms with Gasteiger partial charge in [0.15, 0.2) is 0 Å². The van der Waals surface area contributed by atoms with Crippen LogP contribution in [-0.2, 0) is 25.7 Å². The molecule has 282 valence electrons. The van der Waals surface area contributed by atoms with Gasteiger partial charge in [-0.3, -0.25) is 0 Å². The zero-order valence-corrected chi connectivity index (χ0v) is 34.5. The van der Waals surface area contributed by atoms with E-state index in [0.29, 0.717) is 0 Å². The van der Waals surface area contributed by atoms with Crippen molar-refractivity contribution in [2.45, 2.75) is 51.4 Å². The molecular formula is C54H41BN2S2. The number of fused-ring (bicyclic) bond motifs is 10. The van der Waals surface area contributed by atoms with Crippen LogP contribution in [0.2, 0.25) is 0 Å². The molecule has 0 saturated carbocycles. The SMILES string of the molecule is c1ccc(-c2c(N3c4cccc5c4B(c4sc6ccccc6c4N5c4ccc5c(c4-c4ccccc4)CCCC5)c4c3sc3ccccc43)ccc3c2CCCC3)cc1. The highest BCUT2D eigenvalue weighted by Crippen LogP contribution is 2.54. The Kier molecular flexibility index (Phi) is 7.68. The average Bonchev–Trinajstić information content (AvgIpc) is 3.88. The van der Waals surface area contributed by atoms with Gasteiger partial charge in [0.1, 0.15) is 0 Å². The highest BCUT2D eigenvalue weighted by atomic mass is 32.1. The molecule has 2 aliphatic heterocycles. The first kappa shape index (κ1) is 34.0. The van der Waals surface area contributed by atoms with Crippen LogP contribution in [0.3, 0.4) is 0 Å². The number of benzene rings is 7. The van der Waals surface area contributed by atoms with Gasteiger partial charge in [0.05, 0.1) is 22.1 Å². The predicted octanol–water partition coefficient (Wildman–Crippen LogP) is 13.3. The molecule has 4 aliphatic rings. The number of thiophene rings is 2. The van der Waals surface area contributed by atoms with Gasteiger partial charge in [0, 0.05) is 42.1 Å². The third kappa shape index (κ3) is 4.98. The second-order valence-corrected chi connectivity index (χ2v) is 18.9. The summed E-state index contributed by atoms with van der Waals surface area (Å²) in [5.41, 5.74) is 20.9. The number of nitrogens with zero attached hydrogens (tertiary/aromatic N) is 2. The van der Waals surface area contributed by atoms with E-state index >= 15 is 0 Å². The largest absolute Gasteiger partial charge is 0.309 e. The maximum Gasteiger partial charge on any atom is 0.266 e. The Morgan fingerprint density at radius 1 is 0.407 bits per heavy atom. The maximum atomic E-state index is 2.70. The second-order valence-electron chi connectivity index (χ2n) is 16.8. The van der Waals surface area contributed by atoms with Crippen LogP contribution in [-0.4, -0.2) is 6.71 Å². The van der Waals surface area contributed by atoms with Crippen molar-refractivity contribution in [1.29, 1.82) is 0 Å². The molecule has 5 heteroatoms. The average molecular weight is 793 g/mol. The van der Waals surface area contributed by atoms with E-state index in [9.17, 15) is 0 Å². The van der Waals surface area contributed by atoms with Gasteiger partial charge in [0.2, 0.25) is 0 Å². The third-order valence-corrected chi connectivity index (χ3v) is 16.0. The topological polar surface area (TPSA) is 6.48 Å². The van der Waals surface area contributed by atoms with Gasteiger partial charge in [0.25, 0.3) is 6.71 Å². The van der Waals surface area contributed by atoms with Crippen LogP contribution in [0.25, 0.3) is 42.4 Å². The molecule has 4 heterocycles. The zero-order valence-electron chi connectivity index (χ0n) is 32.9. The summed E-state index contributed by atoms with van der Waals surface area (Å²) in [5, 5.41) is 4.06. The number of rotatable bonds is 4. The van der Waals surface area contributed by atoms with Crippen LogP contribution < -0.4 is 25.5 Å². The van der Waals surface area contributed by atoms with Crippen molar-refractivity contribution >= 4 is 98.7 Å². The zero-order chi connectivity index (χ0) is 38.6. The molecule has 0 saturated heterocycles. The molecular weight excluding hydrogens is 752 g/mol. The van der Waals surface area contributed by atoms with Crippen LogP contribution >= 0.6 is 22.7 Å². The summed E-state index contributed by atoms with van der Waals surface area (Å²) in [6.07, 6.45) is 9.54. The van der Waals surface area contributed by atoms with Crippen molar-refractivity contribution < 1.29 is 0 Å². The maximum absolute atomic E-state index is 2.70. The van der Waals surface area contributed by atoms with Crippen molar-refractivity contribution in [3.8, 4) is 22.3 Å². The van der Waals surface area contributed by atoms with Crippen molar-refractivity contribution in [2.24, 2.45) is 0 Å². The molecule has 9 aromatic rings. The van der Waals surface area contributed by atoms with Crippen molar-refractivity contribution in [2.75, 3.05) is 9.80 Å². The van der Waals surface area contributed by atoms with Crippen molar-refractivity contribution in [3.05, 3.63) is 174 Å². The molecule has 2 aromatic heterocycles. The van der Waals surface area contributed by atoms with Crippen LogP contribution in [0.15, 0.2) is 152 Å². The molecule has 0 bridgehead atoms. The minimum atomic E-state index is 0.0999. The molecule has 2 aliphatic carbocycles. The van der Waals surface area contributed by atoms with Crippen LogP contribution in [0.5, 0.6) is 0 Å². The third-order valence-electron chi connectivity index (χ3n) is 13.6. The van der Waals surface area contributed by atoms with Crippen LogP contribution in [0.1, 0.15) is 47.9 Å². The summed E-state index contributed by atoms with van der Waals surface area (Å²) in [4.78, 5) is 5.39. The molecule has 0 atom stereocenters. The molecule has 0 spiro atoms. The molecule has 0 radical (unpaired) electrons. The Bertz CT molecular complexity index is 3140. The van der Waals surface area contributed by atoms with E-state index in [-0.39, 0.29) is 6.71 Å². The molecule has 13 rings (SSSR count). The summed E-state index contributed by atoms with van der Waals surface area (Å²) in [6, 6.07) is 57.9. The van der Waals surface area contributed by atoms with E-state index in [2.05, 4.69) is 161 Å². The number of hydrogen-bond acceptors (Lipinski definition) is 4. The lowest BCUT2D eigenvalue weighted by Gasteiger charge is -2.43. The van der Waals surface area contributed by atoms with E-state index in [4.69, 9.17) is 0 Å². The fourth-order valence-electron chi connectivity index (χ4n) is 11.2. The van der Waals surface area contributed by atoms with Crippen molar-refractivity contribution in [3.63, 3.8) is 0 Å². The molecule has 7 aromatic carbocycles. The summed E-state index contributed by atoms with van der Waals surface area (Å²) in [5.74, 6) is 0. The Morgan fingerprint density at radius 3 is 1.58 bits per heavy atom. The fraction of sp³-hybridized carbons (Fsp3) is 0.148. The van der Waals surface area contributed by atoms with E-state index in [1.165, 1.54) is 140 Å². The van der Waals surface area contributed by atoms with E-state index in [0.717, 1.165) is 25.7 Å². The van der Waals surface area contributed by atoms with Gasteiger partial charge in [-0.25, -0.2) is 0 Å². The van der Waals surface area contributed by atoms with E-state index < -0.39 is 0 Å². The Balaban J connectivity index is 1.16. The van der Waals surface area contributed by atoms with Gasteiger partial charge in [-0.2, -0.15) is 0 Å². The minimum absolute atomic E-state index is 0.0999. The van der Waals surface area contributed by atoms with Crippen LogP contribution in [0.4, 0.5) is 33.4 Å². The van der Waals surface area contributed by atoms with Gasteiger partial charge >= 0.3 is 0 Å². The fourth-order valence-corrected chi connectivity index (χ4v) is 13.8. The standard InChI is InChI=1S/C54H41BN2S2/c1-3-18-36(19-4-1)48-38-22-9-7-16-34(38)30-32-42(48)56-44-26-15-27-45-51(44)55(53-52(56)41-25-12-14-29-47(41)58-53)50-40-24-11-13-28-46(40)59-54(50)57(45)43-33-31-35-17-8-10-23-39(35)49(43)37-20-5-2-6-21-37/h1-6,11-15,18-21,24-33H,7-10,16-17,22-23H2. The first-order valence-electron chi connectivity index (χ1n) is 21.5. The summed E-state index contributed by atoms with van der Waals surface area (Å²) >= 11 is 3.97. The second kappa shape index (κ2) is 13.3. The van der Waals surface area contributed by atoms with Gasteiger partial charge in [-0.05, 0) is 137 Å². The smallest absolute Gasteiger partial charge is 0.266 e. The summed E-state index contributed by atoms with van der Waals surface area (Å²) in [6.45, 7) is 0.0999. The summed E-state index contributed by atoms with van der Waals surface area (Å²) in [7, 11) is 0. The number of hydrogen-bond donors (Lipinski definition) is 0. The normalized spacial score (nSPS) is 15.2. The summed E-state index contributed by atoms with van der Waals surface area (Å²) < 4.78 is 4.14. The molecule has 0 amide bonds. The van der Waals surface area contributed by atoms with Gasteiger partial charge in [-0.1, -0.05) is 115 Å². The molecule has 0 N–H and O–H groups in total. The molecule has 0 unspecified atom stereocenters. The monoisotopic (exact) mass is 792 g/mol. The van der Waals surface area contributed by atoms with Crippen LogP contribution in [0, 0.1) is 0 Å². The van der Waals surface area contributed by atoms with Gasteiger partial charge < -0.3 is 9.80 Å². The molecule has 2 nitrogen and oxygen atoms in total.